The van der Waals surface area contributed by atoms with Gasteiger partial charge in [0.25, 0.3) is 0 Å². The van der Waals surface area contributed by atoms with Gasteiger partial charge in [-0.1, -0.05) is 13.0 Å². The van der Waals surface area contributed by atoms with E-state index in [0.717, 1.165) is 50.7 Å². The third kappa shape index (κ3) is 3.60. The predicted octanol–water partition coefficient (Wildman–Crippen LogP) is 2.52. The summed E-state index contributed by atoms with van der Waals surface area (Å²) in [6.07, 6.45) is 2.46. The van der Waals surface area contributed by atoms with E-state index < -0.39 is 0 Å². The Balaban J connectivity index is 2.06. The first-order valence-electron chi connectivity index (χ1n) is 6.87. The molecule has 0 radical (unpaired) electrons. The number of nitrogens with one attached hydrogen (secondary N) is 1. The Morgan fingerprint density at radius 1 is 1.50 bits per heavy atom. The summed E-state index contributed by atoms with van der Waals surface area (Å²) in [4.78, 5) is 6.98. The standard InChI is InChI=1S/C14H23N3O/c1-3-8-15-13-6-4-7-14(16-13)17-9-5-10-18-12(2)11-17/h4,6-7,12H,3,5,8-11H2,1-2H3,(H,15,16). The first-order valence-corrected chi connectivity index (χ1v) is 6.87. The Kier molecular flexibility index (Phi) is 4.81. The fourth-order valence-corrected chi connectivity index (χ4v) is 2.15. The second-order valence-electron chi connectivity index (χ2n) is 4.79. The van der Waals surface area contributed by atoms with Gasteiger partial charge in [0.1, 0.15) is 11.6 Å². The summed E-state index contributed by atoms with van der Waals surface area (Å²) in [6, 6.07) is 6.17. The van der Waals surface area contributed by atoms with Gasteiger partial charge in [0.15, 0.2) is 0 Å². The van der Waals surface area contributed by atoms with Gasteiger partial charge in [-0.2, -0.15) is 0 Å². The number of hydrogen-bond acceptors (Lipinski definition) is 4. The minimum Gasteiger partial charge on any atom is -0.377 e. The van der Waals surface area contributed by atoms with Gasteiger partial charge >= 0.3 is 0 Å². The van der Waals surface area contributed by atoms with Crippen molar-refractivity contribution in [3.05, 3.63) is 18.2 Å². The summed E-state index contributed by atoms with van der Waals surface area (Å²) in [6.45, 7) is 8.04. The highest BCUT2D eigenvalue weighted by atomic mass is 16.5. The van der Waals surface area contributed by atoms with Crippen LogP contribution in [0.25, 0.3) is 0 Å². The highest BCUT2D eigenvalue weighted by molar-refractivity contribution is 5.47. The molecule has 2 rings (SSSR count). The number of rotatable bonds is 4. The minimum atomic E-state index is 0.279. The molecule has 4 heteroatoms. The molecule has 4 nitrogen and oxygen atoms in total. The van der Waals surface area contributed by atoms with Crippen LogP contribution >= 0.6 is 0 Å². The maximum atomic E-state index is 5.66. The molecule has 1 aromatic heterocycles. The molecular weight excluding hydrogens is 226 g/mol. The molecule has 1 N–H and O–H groups in total. The fraction of sp³-hybridized carbons (Fsp3) is 0.643. The molecule has 1 unspecified atom stereocenters. The maximum Gasteiger partial charge on any atom is 0.131 e. The summed E-state index contributed by atoms with van der Waals surface area (Å²) in [5, 5.41) is 3.33. The molecule has 1 aromatic rings. The Morgan fingerprint density at radius 3 is 3.22 bits per heavy atom. The van der Waals surface area contributed by atoms with Crippen molar-refractivity contribution in [1.29, 1.82) is 0 Å². The summed E-state index contributed by atoms with van der Waals surface area (Å²) in [5.41, 5.74) is 0. The lowest BCUT2D eigenvalue weighted by Crippen LogP contribution is -2.30. The number of pyridine rings is 1. The van der Waals surface area contributed by atoms with Gasteiger partial charge in [0.2, 0.25) is 0 Å². The molecule has 1 fully saturated rings. The smallest absolute Gasteiger partial charge is 0.131 e. The van der Waals surface area contributed by atoms with Crippen LogP contribution in [-0.4, -0.2) is 37.3 Å². The molecular formula is C14H23N3O. The fourth-order valence-electron chi connectivity index (χ4n) is 2.15. The lowest BCUT2D eigenvalue weighted by Gasteiger charge is -2.23. The summed E-state index contributed by atoms with van der Waals surface area (Å²) < 4.78 is 5.66. The maximum absolute atomic E-state index is 5.66. The molecule has 1 aliphatic heterocycles. The molecule has 18 heavy (non-hydrogen) atoms. The lowest BCUT2D eigenvalue weighted by atomic mass is 10.3. The van der Waals surface area contributed by atoms with Gasteiger partial charge in [-0.15, -0.1) is 0 Å². The Labute approximate surface area is 109 Å². The molecule has 0 saturated carbocycles. The van der Waals surface area contributed by atoms with Crippen LogP contribution in [0.2, 0.25) is 0 Å². The van der Waals surface area contributed by atoms with Crippen LogP contribution in [0.15, 0.2) is 18.2 Å². The molecule has 1 saturated heterocycles. The Bertz CT molecular complexity index is 370. The van der Waals surface area contributed by atoms with Crippen molar-refractivity contribution in [3.8, 4) is 0 Å². The quantitative estimate of drug-likeness (QED) is 0.889. The van der Waals surface area contributed by atoms with E-state index in [1.807, 2.05) is 6.07 Å². The summed E-state index contributed by atoms with van der Waals surface area (Å²) >= 11 is 0. The molecule has 100 valence electrons. The van der Waals surface area contributed by atoms with Crippen molar-refractivity contribution in [2.45, 2.75) is 32.8 Å². The molecule has 0 bridgehead atoms. The monoisotopic (exact) mass is 249 g/mol. The van der Waals surface area contributed by atoms with E-state index in [4.69, 9.17) is 4.74 Å². The van der Waals surface area contributed by atoms with Crippen molar-refractivity contribution < 1.29 is 4.74 Å². The van der Waals surface area contributed by atoms with Gasteiger partial charge in [-0.25, -0.2) is 4.98 Å². The number of nitrogens with zero attached hydrogens (tertiary/aromatic N) is 2. The van der Waals surface area contributed by atoms with Gasteiger partial charge in [0.05, 0.1) is 6.10 Å². The van der Waals surface area contributed by atoms with E-state index in [2.05, 4.69) is 41.2 Å². The zero-order chi connectivity index (χ0) is 12.8. The highest BCUT2D eigenvalue weighted by Crippen LogP contribution is 2.17. The normalized spacial score (nSPS) is 20.6. The lowest BCUT2D eigenvalue weighted by molar-refractivity contribution is 0.0820. The SMILES string of the molecule is CCCNc1cccc(N2CCCOC(C)C2)n1. The van der Waals surface area contributed by atoms with E-state index in [-0.39, 0.29) is 6.10 Å². The van der Waals surface area contributed by atoms with E-state index in [9.17, 15) is 0 Å². The third-order valence-electron chi connectivity index (χ3n) is 3.07. The van der Waals surface area contributed by atoms with Crippen LogP contribution < -0.4 is 10.2 Å². The number of aromatic nitrogens is 1. The zero-order valence-corrected chi connectivity index (χ0v) is 11.4. The van der Waals surface area contributed by atoms with Gasteiger partial charge in [0, 0.05) is 26.2 Å². The number of anilines is 2. The molecule has 2 heterocycles. The van der Waals surface area contributed by atoms with Gasteiger partial charge in [-0.05, 0) is 31.9 Å². The largest absolute Gasteiger partial charge is 0.377 e. The van der Waals surface area contributed by atoms with Crippen LogP contribution in [0.4, 0.5) is 11.6 Å². The zero-order valence-electron chi connectivity index (χ0n) is 11.4. The molecule has 1 atom stereocenters. The molecule has 0 aliphatic carbocycles. The van der Waals surface area contributed by atoms with Crippen LogP contribution in [-0.2, 0) is 4.74 Å². The molecule has 1 aliphatic rings. The van der Waals surface area contributed by atoms with E-state index >= 15 is 0 Å². The van der Waals surface area contributed by atoms with E-state index in [1.165, 1.54) is 0 Å². The topological polar surface area (TPSA) is 37.4 Å². The van der Waals surface area contributed by atoms with Crippen LogP contribution in [0.1, 0.15) is 26.7 Å². The van der Waals surface area contributed by atoms with Crippen LogP contribution in [0, 0.1) is 0 Å². The number of hydrogen-bond donors (Lipinski definition) is 1. The van der Waals surface area contributed by atoms with Crippen molar-refractivity contribution in [1.82, 2.24) is 4.98 Å². The van der Waals surface area contributed by atoms with Gasteiger partial charge < -0.3 is 15.0 Å². The van der Waals surface area contributed by atoms with Crippen molar-refractivity contribution in [3.63, 3.8) is 0 Å². The summed E-state index contributed by atoms with van der Waals surface area (Å²) in [5.74, 6) is 2.01. The first-order chi connectivity index (χ1) is 8.79. The Hall–Kier alpha value is -1.29. The molecule has 0 amide bonds. The highest BCUT2D eigenvalue weighted by Gasteiger charge is 2.16. The van der Waals surface area contributed by atoms with Gasteiger partial charge in [-0.3, -0.25) is 0 Å². The van der Waals surface area contributed by atoms with Crippen molar-refractivity contribution >= 4 is 11.6 Å². The average Bonchev–Trinajstić information content (AvgIpc) is 2.61. The summed E-state index contributed by atoms with van der Waals surface area (Å²) in [7, 11) is 0. The molecule has 0 aromatic carbocycles. The predicted molar refractivity (Wildman–Crippen MR) is 75.3 cm³/mol. The van der Waals surface area contributed by atoms with E-state index in [0.29, 0.717) is 0 Å². The second-order valence-corrected chi connectivity index (χ2v) is 4.79. The third-order valence-corrected chi connectivity index (χ3v) is 3.07. The number of ether oxygens (including phenoxy) is 1. The average molecular weight is 249 g/mol. The van der Waals surface area contributed by atoms with Crippen molar-refractivity contribution in [2.75, 3.05) is 36.5 Å². The van der Waals surface area contributed by atoms with Crippen LogP contribution in [0.3, 0.4) is 0 Å². The van der Waals surface area contributed by atoms with Crippen molar-refractivity contribution in [2.24, 2.45) is 0 Å². The molecule has 0 spiro atoms. The second kappa shape index (κ2) is 6.59. The first kappa shape index (κ1) is 13.1. The van der Waals surface area contributed by atoms with Crippen LogP contribution in [0.5, 0.6) is 0 Å². The Morgan fingerprint density at radius 2 is 2.39 bits per heavy atom. The van der Waals surface area contributed by atoms with E-state index in [1.54, 1.807) is 0 Å². The minimum absolute atomic E-state index is 0.279.